The van der Waals surface area contributed by atoms with Gasteiger partial charge >= 0.3 is 0 Å². The molecule has 0 spiro atoms. The number of nitrogens with two attached hydrogens (primary N) is 1. The maximum Gasteiger partial charge on any atom is 0.222 e. The Morgan fingerprint density at radius 2 is 2.00 bits per heavy atom. The summed E-state index contributed by atoms with van der Waals surface area (Å²) < 4.78 is 10.8. The van der Waals surface area contributed by atoms with E-state index in [0.29, 0.717) is 44.9 Å². The van der Waals surface area contributed by atoms with Crippen molar-refractivity contribution in [1.29, 1.82) is 0 Å². The van der Waals surface area contributed by atoms with Gasteiger partial charge in [0.05, 0.1) is 19.3 Å². The first-order chi connectivity index (χ1) is 8.72. The summed E-state index contributed by atoms with van der Waals surface area (Å²) in [5.41, 5.74) is 5.83. The lowest BCUT2D eigenvalue weighted by atomic mass is 9.94. The third kappa shape index (κ3) is 6.93. The standard InChI is InChI=1S/C13H26N2O3/c1-2-17-9-7-13(16)15-8-10-18-12-5-3-11(14)4-6-12/h11-12H,2-10,14H2,1H3,(H,15,16). The summed E-state index contributed by atoms with van der Waals surface area (Å²) in [5, 5.41) is 2.82. The molecular formula is C13H26N2O3. The maximum absolute atomic E-state index is 11.3. The largest absolute Gasteiger partial charge is 0.381 e. The molecule has 0 bridgehead atoms. The molecule has 5 heteroatoms. The Morgan fingerprint density at radius 1 is 1.28 bits per heavy atom. The minimum Gasteiger partial charge on any atom is -0.381 e. The third-order valence-corrected chi connectivity index (χ3v) is 3.17. The van der Waals surface area contributed by atoms with Gasteiger partial charge in [0.15, 0.2) is 0 Å². The van der Waals surface area contributed by atoms with Gasteiger partial charge in [-0.25, -0.2) is 0 Å². The Bertz CT molecular complexity index is 228. The molecule has 0 radical (unpaired) electrons. The lowest BCUT2D eigenvalue weighted by molar-refractivity contribution is -0.122. The Labute approximate surface area is 109 Å². The smallest absolute Gasteiger partial charge is 0.222 e. The zero-order valence-corrected chi connectivity index (χ0v) is 11.3. The molecule has 3 N–H and O–H groups in total. The number of rotatable bonds is 8. The van der Waals surface area contributed by atoms with Crippen molar-refractivity contribution in [2.24, 2.45) is 5.73 Å². The first-order valence-electron chi connectivity index (χ1n) is 6.94. The van der Waals surface area contributed by atoms with Crippen molar-refractivity contribution < 1.29 is 14.3 Å². The Morgan fingerprint density at radius 3 is 2.67 bits per heavy atom. The topological polar surface area (TPSA) is 73.6 Å². The number of ether oxygens (including phenoxy) is 2. The van der Waals surface area contributed by atoms with Crippen molar-refractivity contribution in [3.05, 3.63) is 0 Å². The van der Waals surface area contributed by atoms with Gasteiger partial charge in [-0.05, 0) is 32.6 Å². The molecule has 0 aromatic rings. The molecule has 0 aromatic carbocycles. The van der Waals surface area contributed by atoms with E-state index in [4.69, 9.17) is 15.2 Å². The van der Waals surface area contributed by atoms with Crippen molar-refractivity contribution in [1.82, 2.24) is 5.32 Å². The Balaban J connectivity index is 1.93. The highest BCUT2D eigenvalue weighted by atomic mass is 16.5. The van der Waals surface area contributed by atoms with E-state index in [-0.39, 0.29) is 5.91 Å². The van der Waals surface area contributed by atoms with Gasteiger partial charge in [-0.15, -0.1) is 0 Å². The van der Waals surface area contributed by atoms with Gasteiger partial charge in [0.25, 0.3) is 0 Å². The van der Waals surface area contributed by atoms with Gasteiger partial charge in [-0.3, -0.25) is 4.79 Å². The van der Waals surface area contributed by atoms with Crippen LogP contribution < -0.4 is 11.1 Å². The number of hydrogen-bond acceptors (Lipinski definition) is 4. The number of carbonyl (C=O) groups excluding carboxylic acids is 1. The first kappa shape index (κ1) is 15.4. The maximum atomic E-state index is 11.3. The predicted octanol–water partition coefficient (Wildman–Crippen LogP) is 0.816. The van der Waals surface area contributed by atoms with Gasteiger partial charge in [-0.1, -0.05) is 0 Å². The molecule has 18 heavy (non-hydrogen) atoms. The molecule has 106 valence electrons. The van der Waals surface area contributed by atoms with Crippen LogP contribution in [0.2, 0.25) is 0 Å². The highest BCUT2D eigenvalue weighted by Gasteiger charge is 2.18. The van der Waals surface area contributed by atoms with Crippen LogP contribution in [0.1, 0.15) is 39.0 Å². The lowest BCUT2D eigenvalue weighted by Gasteiger charge is -2.26. The second-order valence-electron chi connectivity index (χ2n) is 4.70. The number of hydrogen-bond donors (Lipinski definition) is 2. The Hall–Kier alpha value is -0.650. The van der Waals surface area contributed by atoms with Crippen LogP contribution >= 0.6 is 0 Å². The Kier molecular flexibility index (Phi) is 7.96. The summed E-state index contributed by atoms with van der Waals surface area (Å²) in [5.74, 6) is 0.0257. The van der Waals surface area contributed by atoms with Crippen molar-refractivity contribution in [2.45, 2.75) is 51.2 Å². The van der Waals surface area contributed by atoms with Gasteiger partial charge in [-0.2, -0.15) is 0 Å². The number of nitrogens with one attached hydrogen (secondary N) is 1. The van der Waals surface area contributed by atoms with E-state index in [1.807, 2.05) is 6.92 Å². The SMILES string of the molecule is CCOCCC(=O)NCCOC1CCC(N)CC1. The normalized spacial score (nSPS) is 23.9. The minimum absolute atomic E-state index is 0.0257. The molecule has 1 aliphatic carbocycles. The average Bonchev–Trinajstić information content (AvgIpc) is 2.37. The molecule has 1 amide bonds. The van der Waals surface area contributed by atoms with Crippen LogP contribution in [-0.2, 0) is 14.3 Å². The van der Waals surface area contributed by atoms with Crippen LogP contribution in [-0.4, -0.2) is 44.4 Å². The second-order valence-corrected chi connectivity index (χ2v) is 4.70. The van der Waals surface area contributed by atoms with E-state index in [9.17, 15) is 4.79 Å². The molecule has 1 fully saturated rings. The molecular weight excluding hydrogens is 232 g/mol. The predicted molar refractivity (Wildman–Crippen MR) is 70.3 cm³/mol. The molecule has 0 aromatic heterocycles. The van der Waals surface area contributed by atoms with Gasteiger partial charge in [0.1, 0.15) is 0 Å². The quantitative estimate of drug-likeness (QED) is 0.632. The highest BCUT2D eigenvalue weighted by molar-refractivity contribution is 5.75. The molecule has 0 aliphatic heterocycles. The van der Waals surface area contributed by atoms with Crippen LogP contribution in [0, 0.1) is 0 Å². The molecule has 1 saturated carbocycles. The highest BCUT2D eigenvalue weighted by Crippen LogP contribution is 2.19. The molecule has 1 aliphatic rings. The van der Waals surface area contributed by atoms with E-state index >= 15 is 0 Å². The van der Waals surface area contributed by atoms with E-state index in [0.717, 1.165) is 25.7 Å². The summed E-state index contributed by atoms with van der Waals surface area (Å²) >= 11 is 0. The second kappa shape index (κ2) is 9.30. The fourth-order valence-corrected chi connectivity index (χ4v) is 2.07. The van der Waals surface area contributed by atoms with Crippen molar-refractivity contribution >= 4 is 5.91 Å². The van der Waals surface area contributed by atoms with Crippen LogP contribution in [0.4, 0.5) is 0 Å². The van der Waals surface area contributed by atoms with Crippen molar-refractivity contribution in [3.8, 4) is 0 Å². The number of amides is 1. The molecule has 0 unspecified atom stereocenters. The first-order valence-corrected chi connectivity index (χ1v) is 6.94. The van der Waals surface area contributed by atoms with E-state index < -0.39 is 0 Å². The zero-order chi connectivity index (χ0) is 13.2. The van der Waals surface area contributed by atoms with Gasteiger partial charge in [0, 0.05) is 25.6 Å². The van der Waals surface area contributed by atoms with E-state index in [1.54, 1.807) is 0 Å². The molecule has 0 atom stereocenters. The van der Waals surface area contributed by atoms with Gasteiger partial charge in [0.2, 0.25) is 5.91 Å². The number of carbonyl (C=O) groups is 1. The molecule has 1 rings (SSSR count). The molecule has 5 nitrogen and oxygen atoms in total. The van der Waals surface area contributed by atoms with Crippen molar-refractivity contribution in [2.75, 3.05) is 26.4 Å². The summed E-state index contributed by atoms with van der Waals surface area (Å²) in [6.07, 6.45) is 4.92. The van der Waals surface area contributed by atoms with Crippen LogP contribution in [0.3, 0.4) is 0 Å². The van der Waals surface area contributed by atoms with Gasteiger partial charge < -0.3 is 20.5 Å². The zero-order valence-electron chi connectivity index (χ0n) is 11.3. The molecule has 0 heterocycles. The third-order valence-electron chi connectivity index (χ3n) is 3.17. The van der Waals surface area contributed by atoms with Crippen LogP contribution in [0.25, 0.3) is 0 Å². The van der Waals surface area contributed by atoms with E-state index in [2.05, 4.69) is 5.32 Å². The monoisotopic (exact) mass is 258 g/mol. The fourth-order valence-electron chi connectivity index (χ4n) is 2.07. The lowest BCUT2D eigenvalue weighted by Crippen LogP contribution is -2.33. The van der Waals surface area contributed by atoms with Crippen molar-refractivity contribution in [3.63, 3.8) is 0 Å². The minimum atomic E-state index is 0.0257. The summed E-state index contributed by atoms with van der Waals surface area (Å²) in [6, 6.07) is 0.350. The summed E-state index contributed by atoms with van der Waals surface area (Å²) in [6.45, 7) is 4.22. The van der Waals surface area contributed by atoms with Crippen LogP contribution in [0.5, 0.6) is 0 Å². The summed E-state index contributed by atoms with van der Waals surface area (Å²) in [4.78, 5) is 11.3. The fraction of sp³-hybridized carbons (Fsp3) is 0.923. The average molecular weight is 258 g/mol. The van der Waals surface area contributed by atoms with Crippen LogP contribution in [0.15, 0.2) is 0 Å². The summed E-state index contributed by atoms with van der Waals surface area (Å²) in [7, 11) is 0. The molecule has 0 saturated heterocycles. The van der Waals surface area contributed by atoms with E-state index in [1.165, 1.54) is 0 Å².